The highest BCUT2D eigenvalue weighted by Gasteiger charge is 2.14. The number of methoxy groups -OCH3 is 2. The van der Waals surface area contributed by atoms with E-state index in [1.807, 2.05) is 0 Å². The van der Waals surface area contributed by atoms with Crippen molar-refractivity contribution in [3.63, 3.8) is 0 Å². The number of rotatable bonds is 3. The lowest BCUT2D eigenvalue weighted by molar-refractivity contribution is -0.126. The Morgan fingerprint density at radius 3 is 2.16 bits per heavy atom. The van der Waals surface area contributed by atoms with Gasteiger partial charge in [-0.05, 0) is 20.8 Å². The number of alkyl carbamates (subject to hydrolysis) is 1. The molecule has 0 atom stereocenters. The maximum absolute atomic E-state index is 11.1. The quantitative estimate of drug-likeness (QED) is 0.471. The molecule has 1 N–H and O–H groups in total. The van der Waals surface area contributed by atoms with Gasteiger partial charge >= 0.3 is 12.2 Å². The Kier molecular flexibility index (Phi) is 11.1. The second-order valence-corrected chi connectivity index (χ2v) is 4.00. The van der Waals surface area contributed by atoms with Gasteiger partial charge < -0.3 is 19.5 Å². The van der Waals surface area contributed by atoms with Crippen LogP contribution < -0.4 is 5.32 Å². The van der Waals surface area contributed by atoms with Gasteiger partial charge in [0.25, 0.3) is 6.47 Å². The molecule has 0 aliphatic heterocycles. The first-order valence-electron chi connectivity index (χ1n) is 5.30. The number of ether oxygens (including phenoxy) is 3. The number of hydrogen-bond acceptors (Lipinski definition) is 6. The average molecular weight is 276 g/mol. The summed E-state index contributed by atoms with van der Waals surface area (Å²) < 4.78 is 13.1. The fourth-order valence-corrected chi connectivity index (χ4v) is 0.616. The zero-order valence-corrected chi connectivity index (χ0v) is 11.8. The zero-order valence-electron chi connectivity index (χ0n) is 11.8. The van der Waals surface area contributed by atoms with Gasteiger partial charge in [0.15, 0.2) is 0 Å². The van der Waals surface area contributed by atoms with Crippen molar-refractivity contribution in [2.45, 2.75) is 26.4 Å². The molecule has 0 aromatic rings. The van der Waals surface area contributed by atoms with E-state index >= 15 is 0 Å². The molecule has 110 valence electrons. The second-order valence-electron chi connectivity index (χ2n) is 4.00. The summed E-state index contributed by atoms with van der Waals surface area (Å²) in [6.45, 7) is 5.77. The summed E-state index contributed by atoms with van der Waals surface area (Å²) in [5, 5.41) is 2.40. The minimum Gasteiger partial charge on any atom is -0.471 e. The van der Waals surface area contributed by atoms with Gasteiger partial charge in [0.1, 0.15) is 5.60 Å². The number of nitrogens with one attached hydrogen (secondary N) is 1. The highest BCUT2D eigenvalue weighted by atomic mass is 16.6. The Balaban J connectivity index is 0. The summed E-state index contributed by atoms with van der Waals surface area (Å²) in [5.74, 6) is 0. The van der Waals surface area contributed by atoms with Crippen LogP contribution in [-0.4, -0.2) is 51.2 Å². The van der Waals surface area contributed by atoms with Gasteiger partial charge in [-0.3, -0.25) is 4.79 Å². The van der Waals surface area contributed by atoms with Crippen LogP contribution in [0.25, 0.3) is 0 Å². The van der Waals surface area contributed by atoms with Crippen molar-refractivity contribution in [3.05, 3.63) is 0 Å². The third-order valence-electron chi connectivity index (χ3n) is 1.20. The third kappa shape index (κ3) is 18.4. The smallest absolute Gasteiger partial charge is 0.433 e. The molecule has 0 radical (unpaired) electrons. The number of amides is 2. The predicted molar refractivity (Wildman–Crippen MR) is 68.2 cm³/mol. The van der Waals surface area contributed by atoms with Crippen molar-refractivity contribution in [2.75, 3.05) is 20.8 Å². The fraction of sp³-hybridized carbons (Fsp3) is 0.636. The first kappa shape index (κ1) is 19.2. The molecule has 0 aliphatic rings. The molecule has 0 aromatic carbocycles. The average Bonchev–Trinajstić information content (AvgIpc) is 2.32. The van der Waals surface area contributed by atoms with Crippen molar-refractivity contribution < 1.29 is 28.6 Å². The molecule has 8 heteroatoms. The van der Waals surface area contributed by atoms with Gasteiger partial charge in [0.05, 0.1) is 20.8 Å². The number of carbonyl (C=O) groups excluding carboxylic acids is 3. The molecule has 0 unspecified atom stereocenters. The van der Waals surface area contributed by atoms with Crippen LogP contribution in [0.3, 0.4) is 0 Å². The largest absolute Gasteiger partial charge is 0.471 e. The zero-order chi connectivity index (χ0) is 15.3. The molecule has 0 bridgehead atoms. The van der Waals surface area contributed by atoms with Crippen LogP contribution >= 0.6 is 0 Å². The summed E-state index contributed by atoms with van der Waals surface area (Å²) in [7, 11) is 2.54. The summed E-state index contributed by atoms with van der Waals surface area (Å²) in [6.07, 6.45) is -0.0322. The van der Waals surface area contributed by atoms with Crippen molar-refractivity contribution in [3.8, 4) is 0 Å². The van der Waals surface area contributed by atoms with E-state index in [0.29, 0.717) is 6.47 Å². The standard InChI is InChI=1S/C9H16N2O4.C2H4O2/c1-9(2,3)15-8(13)11-6-5-10-7(12)14-4;1-4-2-3/h5H,6H2,1-4H3,(H,11,13);2H,1H3/b10-5-;. The van der Waals surface area contributed by atoms with Crippen LogP contribution in [0.1, 0.15) is 20.8 Å². The van der Waals surface area contributed by atoms with Crippen LogP contribution in [-0.2, 0) is 19.0 Å². The minimum absolute atomic E-state index is 0.115. The summed E-state index contributed by atoms with van der Waals surface area (Å²) in [5.41, 5.74) is -0.538. The summed E-state index contributed by atoms with van der Waals surface area (Å²) in [6, 6.07) is 0. The van der Waals surface area contributed by atoms with Crippen LogP contribution in [0.4, 0.5) is 9.59 Å². The van der Waals surface area contributed by atoms with Gasteiger partial charge in [-0.25, -0.2) is 9.59 Å². The second kappa shape index (κ2) is 11.0. The Hall–Kier alpha value is -2.12. The van der Waals surface area contributed by atoms with Crippen LogP contribution in [0, 0.1) is 0 Å². The van der Waals surface area contributed by atoms with E-state index < -0.39 is 17.8 Å². The van der Waals surface area contributed by atoms with Gasteiger partial charge in [-0.2, -0.15) is 4.99 Å². The third-order valence-corrected chi connectivity index (χ3v) is 1.20. The Bertz CT molecular complexity index is 309. The van der Waals surface area contributed by atoms with Crippen molar-refractivity contribution in [2.24, 2.45) is 4.99 Å². The van der Waals surface area contributed by atoms with E-state index in [1.54, 1.807) is 20.8 Å². The molecule has 0 aromatic heterocycles. The topological polar surface area (TPSA) is 103 Å². The molecule has 0 saturated heterocycles. The summed E-state index contributed by atoms with van der Waals surface area (Å²) >= 11 is 0. The number of nitrogens with zero attached hydrogens (tertiary/aromatic N) is 1. The molecule has 0 spiro atoms. The van der Waals surface area contributed by atoms with E-state index in [4.69, 9.17) is 9.53 Å². The molecular formula is C11H20N2O6. The highest BCUT2D eigenvalue weighted by Crippen LogP contribution is 2.05. The van der Waals surface area contributed by atoms with E-state index in [9.17, 15) is 9.59 Å². The molecule has 0 saturated carbocycles. The Morgan fingerprint density at radius 1 is 1.26 bits per heavy atom. The molecule has 8 nitrogen and oxygen atoms in total. The molecule has 2 amide bonds. The number of hydrogen-bond donors (Lipinski definition) is 1. The lowest BCUT2D eigenvalue weighted by Crippen LogP contribution is -2.33. The monoisotopic (exact) mass is 276 g/mol. The Morgan fingerprint density at radius 2 is 1.79 bits per heavy atom. The van der Waals surface area contributed by atoms with Crippen LogP contribution in [0.15, 0.2) is 4.99 Å². The predicted octanol–water partition coefficient (Wildman–Crippen LogP) is 1.14. The van der Waals surface area contributed by atoms with Crippen LogP contribution in [0.5, 0.6) is 0 Å². The molecular weight excluding hydrogens is 256 g/mol. The lowest BCUT2D eigenvalue weighted by atomic mass is 10.2. The number of carbonyl (C=O) groups is 3. The van der Waals surface area contributed by atoms with Crippen molar-refractivity contribution in [1.29, 1.82) is 0 Å². The summed E-state index contributed by atoms with van der Waals surface area (Å²) in [4.78, 5) is 33.9. The maximum atomic E-state index is 11.1. The first-order chi connectivity index (χ1) is 8.76. The van der Waals surface area contributed by atoms with E-state index in [1.165, 1.54) is 20.4 Å². The SMILES string of the molecule is COC(=O)/N=C\CNC(=O)OC(C)(C)C.COC=O. The van der Waals surface area contributed by atoms with E-state index in [-0.39, 0.29) is 6.54 Å². The Labute approximate surface area is 112 Å². The van der Waals surface area contributed by atoms with Crippen molar-refractivity contribution in [1.82, 2.24) is 5.32 Å². The van der Waals surface area contributed by atoms with Gasteiger partial charge in [0.2, 0.25) is 0 Å². The molecule has 0 fully saturated rings. The maximum Gasteiger partial charge on any atom is 0.433 e. The normalized spacial score (nSPS) is 9.95. The van der Waals surface area contributed by atoms with E-state index in [2.05, 4.69) is 19.8 Å². The first-order valence-corrected chi connectivity index (χ1v) is 5.30. The van der Waals surface area contributed by atoms with Crippen LogP contribution in [0.2, 0.25) is 0 Å². The van der Waals surface area contributed by atoms with Gasteiger partial charge in [-0.1, -0.05) is 0 Å². The molecule has 19 heavy (non-hydrogen) atoms. The number of aliphatic imine (C=N–C) groups is 1. The van der Waals surface area contributed by atoms with Gasteiger partial charge in [-0.15, -0.1) is 0 Å². The molecule has 0 heterocycles. The lowest BCUT2D eigenvalue weighted by Gasteiger charge is -2.19. The van der Waals surface area contributed by atoms with E-state index in [0.717, 1.165) is 0 Å². The minimum atomic E-state index is -0.707. The van der Waals surface area contributed by atoms with Crippen molar-refractivity contribution >= 4 is 24.9 Å². The fourth-order valence-electron chi connectivity index (χ4n) is 0.616. The molecule has 0 rings (SSSR count). The van der Waals surface area contributed by atoms with Gasteiger partial charge in [0, 0.05) is 6.21 Å². The highest BCUT2D eigenvalue weighted by molar-refractivity contribution is 5.81. The molecule has 0 aliphatic carbocycles.